The number of imidazole rings is 1. The van der Waals surface area contributed by atoms with Gasteiger partial charge in [-0.3, -0.25) is 9.97 Å². The number of rotatable bonds is 4. The van der Waals surface area contributed by atoms with E-state index in [1.54, 1.807) is 12.4 Å². The molecule has 3 heterocycles. The summed E-state index contributed by atoms with van der Waals surface area (Å²) in [6.07, 6.45) is 4.36. The van der Waals surface area contributed by atoms with Crippen molar-refractivity contribution in [2.75, 3.05) is 5.43 Å². The van der Waals surface area contributed by atoms with Gasteiger partial charge in [0.05, 0.1) is 11.7 Å². The summed E-state index contributed by atoms with van der Waals surface area (Å²) in [5, 5.41) is 15.5. The van der Waals surface area contributed by atoms with E-state index in [0.717, 1.165) is 56.5 Å². The Morgan fingerprint density at radius 2 is 2.00 bits per heavy atom. The van der Waals surface area contributed by atoms with E-state index < -0.39 is 0 Å². The van der Waals surface area contributed by atoms with Crippen LogP contribution in [0.1, 0.15) is 29.2 Å². The fourth-order valence-electron chi connectivity index (χ4n) is 4.21. The number of nitrogens with one attached hydrogen (secondary N) is 2. The van der Waals surface area contributed by atoms with Gasteiger partial charge in [0.2, 0.25) is 5.65 Å². The number of aromatic amines is 1. The van der Waals surface area contributed by atoms with Crippen LogP contribution in [0.4, 0.5) is 5.82 Å². The van der Waals surface area contributed by atoms with E-state index >= 15 is 0 Å². The molecule has 2 N–H and O–H groups in total. The maximum atomic E-state index is 9.84. The number of benzene rings is 2. The molecule has 6 heteroatoms. The summed E-state index contributed by atoms with van der Waals surface area (Å²) in [5.41, 5.74) is 10.5. The summed E-state index contributed by atoms with van der Waals surface area (Å²) in [6, 6.07) is 20.4. The van der Waals surface area contributed by atoms with Gasteiger partial charge in [0.25, 0.3) is 5.82 Å². The Morgan fingerprint density at radius 1 is 1.16 bits per heavy atom. The summed E-state index contributed by atoms with van der Waals surface area (Å²) in [4.78, 5) is 7.90. The van der Waals surface area contributed by atoms with Crippen LogP contribution in [0.25, 0.3) is 27.6 Å². The van der Waals surface area contributed by atoms with Crippen molar-refractivity contribution in [3.05, 3.63) is 83.0 Å². The lowest BCUT2D eigenvalue weighted by Gasteiger charge is -2.10. The summed E-state index contributed by atoms with van der Waals surface area (Å²) in [5.74, 6) is 0.857. The number of nitrogens with zero attached hydrogens (tertiary/aromatic N) is 4. The molecule has 6 nitrogen and oxygen atoms in total. The zero-order valence-corrected chi connectivity index (χ0v) is 17.3. The molecule has 31 heavy (non-hydrogen) atoms. The average molecular weight is 405 g/mol. The standard InChI is InChI=1S/C25H20N6/c1-3-19-16(2)20(14-26)24-29-21-11-4-5-12-22(21)31(24)25(19)30-28-15-18-9-6-8-17-10-7-13-27-23(17)18/h4-13,15H,3H2,1-2H3,(H,29,30)/p+1. The third-order valence-corrected chi connectivity index (χ3v) is 5.70. The molecule has 150 valence electrons. The van der Waals surface area contributed by atoms with E-state index in [1.165, 1.54) is 0 Å². The molecule has 0 saturated carbocycles. The van der Waals surface area contributed by atoms with Crippen molar-refractivity contribution < 1.29 is 4.40 Å². The van der Waals surface area contributed by atoms with Gasteiger partial charge in [0.1, 0.15) is 22.7 Å². The monoisotopic (exact) mass is 405 g/mol. The summed E-state index contributed by atoms with van der Waals surface area (Å²) in [6.45, 7) is 4.08. The molecule has 5 aromatic rings. The molecular weight excluding hydrogens is 384 g/mol. The predicted molar refractivity (Wildman–Crippen MR) is 123 cm³/mol. The van der Waals surface area contributed by atoms with E-state index in [0.29, 0.717) is 5.56 Å². The normalized spacial score (nSPS) is 11.5. The first-order valence-electron chi connectivity index (χ1n) is 10.2. The van der Waals surface area contributed by atoms with Gasteiger partial charge in [-0.2, -0.15) is 15.1 Å². The molecule has 0 aliphatic rings. The number of fused-ring (bicyclic) bond motifs is 4. The first kappa shape index (κ1) is 18.8. The molecule has 0 fully saturated rings. The first-order valence-corrected chi connectivity index (χ1v) is 10.2. The van der Waals surface area contributed by atoms with Crippen molar-refractivity contribution in [1.82, 2.24) is 9.97 Å². The highest BCUT2D eigenvalue weighted by molar-refractivity contribution is 5.97. The van der Waals surface area contributed by atoms with Crippen molar-refractivity contribution in [3.63, 3.8) is 0 Å². The van der Waals surface area contributed by atoms with Crippen LogP contribution in [0.2, 0.25) is 0 Å². The van der Waals surface area contributed by atoms with Gasteiger partial charge in [0, 0.05) is 22.7 Å². The smallest absolute Gasteiger partial charge is 0.253 e. The second-order valence-electron chi connectivity index (χ2n) is 7.41. The maximum absolute atomic E-state index is 9.84. The minimum Gasteiger partial charge on any atom is -0.269 e. The fraction of sp³-hybridized carbons (Fsp3) is 0.120. The SMILES string of the molecule is CCc1c(C)c(C#N)c2[nH]c3ccccc3[n+]2c1NN=Cc1cccc2cccnc12. The van der Waals surface area contributed by atoms with E-state index in [1.807, 2.05) is 61.5 Å². The third kappa shape index (κ3) is 2.99. The average Bonchev–Trinajstić information content (AvgIpc) is 3.18. The van der Waals surface area contributed by atoms with E-state index in [4.69, 9.17) is 0 Å². The van der Waals surface area contributed by atoms with Crippen LogP contribution in [0.3, 0.4) is 0 Å². The Morgan fingerprint density at radius 3 is 2.84 bits per heavy atom. The molecule has 0 spiro atoms. The molecule has 2 aromatic carbocycles. The Bertz CT molecular complexity index is 1520. The minimum atomic E-state index is 0.654. The van der Waals surface area contributed by atoms with Crippen molar-refractivity contribution >= 4 is 39.6 Å². The predicted octanol–water partition coefficient (Wildman–Crippen LogP) is 4.64. The molecule has 0 amide bonds. The molecule has 0 unspecified atom stereocenters. The molecule has 0 saturated heterocycles. The lowest BCUT2D eigenvalue weighted by molar-refractivity contribution is -0.465. The number of aromatic nitrogens is 3. The number of pyridine rings is 2. The molecule has 0 atom stereocenters. The number of anilines is 1. The number of H-pyrrole nitrogens is 1. The molecule has 0 aliphatic carbocycles. The van der Waals surface area contributed by atoms with Crippen molar-refractivity contribution in [2.24, 2.45) is 5.10 Å². The minimum absolute atomic E-state index is 0.654. The summed E-state index contributed by atoms with van der Waals surface area (Å²) in [7, 11) is 0. The Labute approximate surface area is 179 Å². The topological polar surface area (TPSA) is 81.0 Å². The fourth-order valence-corrected chi connectivity index (χ4v) is 4.21. The highest BCUT2D eigenvalue weighted by Gasteiger charge is 2.24. The van der Waals surface area contributed by atoms with Gasteiger partial charge in [-0.05, 0) is 37.1 Å². The molecule has 0 aliphatic heterocycles. The number of hydrogen-bond donors (Lipinski definition) is 2. The zero-order valence-electron chi connectivity index (χ0n) is 17.3. The molecule has 5 rings (SSSR count). The van der Waals surface area contributed by atoms with Crippen molar-refractivity contribution in [3.8, 4) is 6.07 Å². The van der Waals surface area contributed by atoms with Gasteiger partial charge < -0.3 is 0 Å². The number of para-hydroxylation sites is 3. The summed E-state index contributed by atoms with van der Waals surface area (Å²) < 4.78 is 2.05. The Kier molecular flexibility index (Phi) is 4.57. The van der Waals surface area contributed by atoms with E-state index in [2.05, 4.69) is 37.9 Å². The highest BCUT2D eigenvalue weighted by Crippen LogP contribution is 2.26. The van der Waals surface area contributed by atoms with Crippen molar-refractivity contribution in [1.29, 1.82) is 5.26 Å². The van der Waals surface area contributed by atoms with E-state index in [9.17, 15) is 5.26 Å². The van der Waals surface area contributed by atoms with Crippen LogP contribution in [-0.4, -0.2) is 16.2 Å². The molecule has 0 radical (unpaired) electrons. The number of hydrogen-bond acceptors (Lipinski definition) is 4. The highest BCUT2D eigenvalue weighted by atomic mass is 15.3. The van der Waals surface area contributed by atoms with E-state index in [-0.39, 0.29) is 0 Å². The van der Waals surface area contributed by atoms with Crippen LogP contribution < -0.4 is 9.83 Å². The van der Waals surface area contributed by atoms with Gasteiger partial charge in [-0.25, -0.2) is 0 Å². The third-order valence-electron chi connectivity index (χ3n) is 5.70. The van der Waals surface area contributed by atoms with Crippen molar-refractivity contribution in [2.45, 2.75) is 20.3 Å². The molecule has 3 aromatic heterocycles. The Hall–Kier alpha value is -4.24. The van der Waals surface area contributed by atoms with Gasteiger partial charge >= 0.3 is 0 Å². The van der Waals surface area contributed by atoms with Crippen LogP contribution in [-0.2, 0) is 6.42 Å². The lowest BCUT2D eigenvalue weighted by atomic mass is 10.0. The van der Waals surface area contributed by atoms with Gasteiger partial charge in [-0.1, -0.05) is 43.3 Å². The number of hydrazone groups is 1. The second kappa shape index (κ2) is 7.54. The quantitative estimate of drug-likeness (QED) is 0.260. The molecule has 0 bridgehead atoms. The molecular formula is C25H21N6+. The second-order valence-corrected chi connectivity index (χ2v) is 7.41. The van der Waals surface area contributed by atoms with Gasteiger partial charge in [0.15, 0.2) is 0 Å². The Balaban J connectivity index is 1.69. The van der Waals surface area contributed by atoms with Gasteiger partial charge in [-0.15, -0.1) is 5.10 Å². The van der Waals surface area contributed by atoms with Crippen LogP contribution in [0.15, 0.2) is 65.9 Å². The lowest BCUT2D eigenvalue weighted by Crippen LogP contribution is -2.28. The summed E-state index contributed by atoms with van der Waals surface area (Å²) >= 11 is 0. The maximum Gasteiger partial charge on any atom is 0.253 e. The van der Waals surface area contributed by atoms with Crippen LogP contribution >= 0.6 is 0 Å². The van der Waals surface area contributed by atoms with Crippen LogP contribution in [0.5, 0.6) is 0 Å². The van der Waals surface area contributed by atoms with Crippen LogP contribution in [0, 0.1) is 18.3 Å². The first-order chi connectivity index (χ1) is 15.2. The number of nitriles is 1. The zero-order chi connectivity index (χ0) is 21.4. The largest absolute Gasteiger partial charge is 0.269 e.